The van der Waals surface area contributed by atoms with E-state index in [2.05, 4.69) is 57.7 Å². The number of anilines is 1. The van der Waals surface area contributed by atoms with E-state index in [1.54, 1.807) is 12.4 Å². The number of nitrogens with one attached hydrogen (secondary N) is 1. The number of fused-ring (bicyclic) bond motifs is 1. The normalized spacial score (nSPS) is 10.7. The van der Waals surface area contributed by atoms with Crippen LogP contribution in [0, 0.1) is 0 Å². The summed E-state index contributed by atoms with van der Waals surface area (Å²) in [5.41, 5.74) is 1.42. The molecule has 0 amide bonds. The molecular weight excluding hydrogens is 290 g/mol. The Balaban J connectivity index is 1.43. The lowest BCUT2D eigenvalue weighted by Gasteiger charge is -2.07. The first kappa shape index (κ1) is 14.9. The van der Waals surface area contributed by atoms with E-state index in [1.165, 1.54) is 16.3 Å². The minimum atomic E-state index is 0.710. The number of hydrogen-bond donors (Lipinski definition) is 1. The van der Waals surface area contributed by atoms with Crippen molar-refractivity contribution in [2.75, 3.05) is 17.6 Å². The van der Waals surface area contributed by atoms with Crippen LogP contribution in [-0.4, -0.2) is 22.3 Å². The van der Waals surface area contributed by atoms with Crippen LogP contribution < -0.4 is 5.32 Å². The lowest BCUT2D eigenvalue weighted by atomic mass is 10.1. The van der Waals surface area contributed by atoms with Gasteiger partial charge in [-0.3, -0.25) is 0 Å². The molecule has 2 aromatic carbocycles. The molecule has 1 aromatic heterocycles. The summed E-state index contributed by atoms with van der Waals surface area (Å²) in [4.78, 5) is 8.30. The highest BCUT2D eigenvalue weighted by Crippen LogP contribution is 2.22. The molecule has 3 aromatic rings. The smallest absolute Gasteiger partial charge is 0.222 e. The average Bonchev–Trinajstić information content (AvgIpc) is 2.59. The van der Waals surface area contributed by atoms with Crippen LogP contribution in [0.5, 0.6) is 0 Å². The van der Waals surface area contributed by atoms with Gasteiger partial charge in [0.15, 0.2) is 0 Å². The van der Waals surface area contributed by atoms with Gasteiger partial charge in [-0.15, -0.1) is 0 Å². The highest BCUT2D eigenvalue weighted by molar-refractivity contribution is 7.98. The summed E-state index contributed by atoms with van der Waals surface area (Å²) in [5.74, 6) is 2.90. The second-order valence-electron chi connectivity index (χ2n) is 5.04. The van der Waals surface area contributed by atoms with E-state index in [1.807, 2.05) is 17.8 Å². The number of nitrogens with zero attached hydrogens (tertiary/aromatic N) is 2. The van der Waals surface area contributed by atoms with Crippen LogP contribution in [0.4, 0.5) is 5.95 Å². The number of thioether (sulfide) groups is 1. The Bertz CT molecular complexity index is 710. The van der Waals surface area contributed by atoms with Crippen molar-refractivity contribution in [1.29, 1.82) is 0 Å². The first-order valence-electron chi connectivity index (χ1n) is 7.49. The first-order valence-corrected chi connectivity index (χ1v) is 8.64. The van der Waals surface area contributed by atoms with Crippen LogP contribution in [0.15, 0.2) is 60.9 Å². The van der Waals surface area contributed by atoms with Crippen LogP contribution in [0.1, 0.15) is 12.0 Å². The first-order chi connectivity index (χ1) is 10.9. The SMILES string of the molecule is c1cnc(NCCCSCc2cccc3ccccc23)nc1. The molecule has 1 heterocycles. The molecule has 0 unspecified atom stereocenters. The van der Waals surface area contributed by atoms with Gasteiger partial charge in [0, 0.05) is 24.7 Å². The summed E-state index contributed by atoms with van der Waals surface area (Å²) in [7, 11) is 0. The lowest BCUT2D eigenvalue weighted by Crippen LogP contribution is -2.05. The molecule has 22 heavy (non-hydrogen) atoms. The summed E-state index contributed by atoms with van der Waals surface area (Å²) >= 11 is 1.98. The molecule has 3 rings (SSSR count). The maximum atomic E-state index is 4.15. The third kappa shape index (κ3) is 3.98. The Morgan fingerprint density at radius 2 is 1.73 bits per heavy atom. The molecule has 0 bridgehead atoms. The van der Waals surface area contributed by atoms with E-state index in [-0.39, 0.29) is 0 Å². The van der Waals surface area contributed by atoms with E-state index < -0.39 is 0 Å². The average molecular weight is 309 g/mol. The summed E-state index contributed by atoms with van der Waals surface area (Å²) in [6.45, 7) is 0.909. The molecule has 0 atom stereocenters. The molecule has 0 radical (unpaired) electrons. The highest BCUT2D eigenvalue weighted by atomic mass is 32.2. The summed E-state index contributed by atoms with van der Waals surface area (Å²) < 4.78 is 0. The number of rotatable bonds is 7. The van der Waals surface area contributed by atoms with Crippen molar-refractivity contribution in [2.45, 2.75) is 12.2 Å². The van der Waals surface area contributed by atoms with Crippen LogP contribution >= 0.6 is 11.8 Å². The van der Waals surface area contributed by atoms with Crippen molar-refractivity contribution >= 4 is 28.5 Å². The minimum Gasteiger partial charge on any atom is -0.354 e. The van der Waals surface area contributed by atoms with Gasteiger partial charge in [-0.25, -0.2) is 9.97 Å². The van der Waals surface area contributed by atoms with Gasteiger partial charge in [-0.1, -0.05) is 42.5 Å². The highest BCUT2D eigenvalue weighted by Gasteiger charge is 2.00. The Morgan fingerprint density at radius 1 is 0.909 bits per heavy atom. The molecule has 0 aliphatic rings. The van der Waals surface area contributed by atoms with E-state index in [0.717, 1.165) is 24.5 Å². The van der Waals surface area contributed by atoms with Crippen molar-refractivity contribution in [3.8, 4) is 0 Å². The van der Waals surface area contributed by atoms with E-state index in [0.29, 0.717) is 5.95 Å². The molecule has 4 heteroatoms. The van der Waals surface area contributed by atoms with Gasteiger partial charge >= 0.3 is 0 Å². The standard InChI is InChI=1S/C18H19N3S/c1-2-9-17-15(6-1)7-3-8-16(17)14-22-13-5-12-21-18-19-10-4-11-20-18/h1-4,6-11H,5,12-14H2,(H,19,20,21). The van der Waals surface area contributed by atoms with Crippen LogP contribution in [-0.2, 0) is 5.75 Å². The molecule has 0 aliphatic carbocycles. The fourth-order valence-electron chi connectivity index (χ4n) is 2.37. The summed E-state index contributed by atoms with van der Waals surface area (Å²) in [5, 5.41) is 5.93. The van der Waals surface area contributed by atoms with Crippen molar-refractivity contribution in [2.24, 2.45) is 0 Å². The maximum Gasteiger partial charge on any atom is 0.222 e. The van der Waals surface area contributed by atoms with E-state index >= 15 is 0 Å². The Hall–Kier alpha value is -2.07. The molecule has 0 saturated heterocycles. The van der Waals surface area contributed by atoms with Gasteiger partial charge in [0.2, 0.25) is 5.95 Å². The zero-order chi connectivity index (χ0) is 15.0. The predicted octanol–water partition coefficient (Wildman–Crippen LogP) is 4.37. The van der Waals surface area contributed by atoms with Gasteiger partial charge in [0.05, 0.1) is 0 Å². The molecule has 112 valence electrons. The monoisotopic (exact) mass is 309 g/mol. The quantitative estimate of drug-likeness (QED) is 0.658. The predicted molar refractivity (Wildman–Crippen MR) is 95.2 cm³/mol. The molecule has 0 spiro atoms. The summed E-state index contributed by atoms with van der Waals surface area (Å²) in [6, 6.07) is 17.0. The number of aromatic nitrogens is 2. The van der Waals surface area contributed by atoms with E-state index in [4.69, 9.17) is 0 Å². The molecule has 0 saturated carbocycles. The van der Waals surface area contributed by atoms with Gasteiger partial charge in [-0.2, -0.15) is 11.8 Å². The van der Waals surface area contributed by atoms with Crippen LogP contribution in [0.2, 0.25) is 0 Å². The molecule has 0 aliphatic heterocycles. The van der Waals surface area contributed by atoms with E-state index in [9.17, 15) is 0 Å². The van der Waals surface area contributed by atoms with Gasteiger partial charge in [0.1, 0.15) is 0 Å². The van der Waals surface area contributed by atoms with Gasteiger partial charge < -0.3 is 5.32 Å². The third-order valence-corrected chi connectivity index (χ3v) is 4.54. The third-order valence-electron chi connectivity index (χ3n) is 3.45. The molecule has 1 N–H and O–H groups in total. The van der Waals surface area contributed by atoms with Crippen molar-refractivity contribution in [1.82, 2.24) is 9.97 Å². The zero-order valence-corrected chi connectivity index (χ0v) is 13.2. The second-order valence-corrected chi connectivity index (χ2v) is 6.15. The molecule has 3 nitrogen and oxygen atoms in total. The second kappa shape index (κ2) is 7.80. The topological polar surface area (TPSA) is 37.8 Å². The fraction of sp³-hybridized carbons (Fsp3) is 0.222. The maximum absolute atomic E-state index is 4.15. The van der Waals surface area contributed by atoms with Gasteiger partial charge in [0.25, 0.3) is 0 Å². The van der Waals surface area contributed by atoms with Crippen molar-refractivity contribution in [3.63, 3.8) is 0 Å². The van der Waals surface area contributed by atoms with Gasteiger partial charge in [-0.05, 0) is 34.6 Å². The minimum absolute atomic E-state index is 0.710. The number of hydrogen-bond acceptors (Lipinski definition) is 4. The Kier molecular flexibility index (Phi) is 5.27. The van der Waals surface area contributed by atoms with Crippen molar-refractivity contribution in [3.05, 3.63) is 66.5 Å². The molecule has 0 fully saturated rings. The zero-order valence-electron chi connectivity index (χ0n) is 12.4. The molecular formula is C18H19N3S. The Labute approximate surface area is 135 Å². The van der Waals surface area contributed by atoms with Crippen LogP contribution in [0.3, 0.4) is 0 Å². The summed E-state index contributed by atoms with van der Waals surface area (Å²) in [6.07, 6.45) is 4.61. The van der Waals surface area contributed by atoms with Crippen LogP contribution in [0.25, 0.3) is 10.8 Å². The van der Waals surface area contributed by atoms with Crippen molar-refractivity contribution < 1.29 is 0 Å². The fourth-order valence-corrected chi connectivity index (χ4v) is 3.33. The Morgan fingerprint density at radius 3 is 2.64 bits per heavy atom. The largest absolute Gasteiger partial charge is 0.354 e. The number of benzene rings is 2. The lowest BCUT2D eigenvalue weighted by molar-refractivity contribution is 0.961.